The molecule has 1 aromatic rings. The van der Waals surface area contributed by atoms with E-state index in [-0.39, 0.29) is 5.41 Å². The number of rotatable bonds is 3. The average molecular weight is 309 g/mol. The van der Waals surface area contributed by atoms with Gasteiger partial charge in [0.1, 0.15) is 5.82 Å². The van der Waals surface area contributed by atoms with Crippen LogP contribution in [0.15, 0.2) is 24.5 Å². The number of halogens is 1. The molecular weight excluding hydrogens is 284 g/mol. The van der Waals surface area contributed by atoms with Crippen molar-refractivity contribution in [1.29, 1.82) is 0 Å². The van der Waals surface area contributed by atoms with E-state index in [9.17, 15) is 0 Å². The van der Waals surface area contributed by atoms with Crippen LogP contribution in [0.25, 0.3) is 0 Å². The molecule has 0 unspecified atom stereocenters. The summed E-state index contributed by atoms with van der Waals surface area (Å²) in [7, 11) is 0. The van der Waals surface area contributed by atoms with E-state index in [1.54, 1.807) is 12.3 Å². The maximum atomic E-state index is 6.23. The van der Waals surface area contributed by atoms with Gasteiger partial charge in [0, 0.05) is 31.9 Å². The molecule has 2 heterocycles. The summed E-state index contributed by atoms with van der Waals surface area (Å²) in [6.45, 7) is 14.7. The normalized spacial score (nSPS) is 16.2. The highest BCUT2D eigenvalue weighted by atomic mass is 35.5. The number of hydrogen-bond donors (Lipinski definition) is 1. The van der Waals surface area contributed by atoms with Crippen LogP contribution < -0.4 is 10.6 Å². The largest absolute Gasteiger partial charge is 0.397 e. The second kappa shape index (κ2) is 6.14. The third kappa shape index (κ3) is 4.27. The number of nitrogens with two attached hydrogens (primary N) is 1. The number of nitrogen functional groups attached to an aromatic ring is 1. The Bertz CT molecular complexity index is 513. The summed E-state index contributed by atoms with van der Waals surface area (Å²) in [6, 6.07) is 1.76. The lowest BCUT2D eigenvalue weighted by Crippen LogP contribution is -2.46. The summed E-state index contributed by atoms with van der Waals surface area (Å²) in [5.74, 6) is 0.826. The van der Waals surface area contributed by atoms with E-state index in [1.165, 1.54) is 5.70 Å². The Balaban J connectivity index is 1.95. The van der Waals surface area contributed by atoms with E-state index in [2.05, 4.69) is 42.1 Å². The third-order valence-corrected chi connectivity index (χ3v) is 3.88. The zero-order chi connectivity index (χ0) is 15.6. The van der Waals surface area contributed by atoms with E-state index >= 15 is 0 Å². The molecule has 21 heavy (non-hydrogen) atoms. The predicted molar refractivity (Wildman–Crippen MR) is 90.7 cm³/mol. The fourth-order valence-electron chi connectivity index (χ4n) is 2.64. The second-order valence-corrected chi connectivity index (χ2v) is 7.26. The molecule has 0 aliphatic carbocycles. The maximum Gasteiger partial charge on any atom is 0.147 e. The van der Waals surface area contributed by atoms with Crippen LogP contribution in [0.1, 0.15) is 27.2 Å². The Morgan fingerprint density at radius 2 is 1.95 bits per heavy atom. The molecule has 0 bridgehead atoms. The molecule has 0 amide bonds. The van der Waals surface area contributed by atoms with Gasteiger partial charge in [0.25, 0.3) is 0 Å². The summed E-state index contributed by atoms with van der Waals surface area (Å²) < 4.78 is 0. The fraction of sp³-hybridized carbons (Fsp3) is 0.562. The molecule has 0 atom stereocenters. The highest BCUT2D eigenvalue weighted by Crippen LogP contribution is 2.28. The smallest absolute Gasteiger partial charge is 0.147 e. The number of pyridine rings is 1. The molecule has 0 spiro atoms. The van der Waals surface area contributed by atoms with Gasteiger partial charge in [-0.15, -0.1) is 0 Å². The lowest BCUT2D eigenvalue weighted by atomic mass is 9.90. The second-order valence-electron chi connectivity index (χ2n) is 6.85. The van der Waals surface area contributed by atoms with Crippen molar-refractivity contribution in [3.05, 3.63) is 29.6 Å². The quantitative estimate of drug-likeness (QED) is 0.929. The van der Waals surface area contributed by atoms with Gasteiger partial charge in [0.2, 0.25) is 0 Å². The molecule has 4 nitrogen and oxygen atoms in total. The van der Waals surface area contributed by atoms with Crippen molar-refractivity contribution in [3.63, 3.8) is 0 Å². The number of piperazine rings is 1. The minimum absolute atomic E-state index is 0.274. The Kier molecular flexibility index (Phi) is 4.67. The summed E-state index contributed by atoms with van der Waals surface area (Å²) in [4.78, 5) is 8.94. The molecule has 2 rings (SSSR count). The first-order valence-corrected chi connectivity index (χ1v) is 7.73. The first-order chi connectivity index (χ1) is 9.76. The first-order valence-electron chi connectivity index (χ1n) is 7.35. The predicted octanol–water partition coefficient (Wildman–Crippen LogP) is 3.39. The van der Waals surface area contributed by atoms with E-state index < -0.39 is 0 Å². The topological polar surface area (TPSA) is 45.4 Å². The van der Waals surface area contributed by atoms with Crippen LogP contribution in [-0.4, -0.2) is 36.1 Å². The number of nitrogens with zero attached hydrogens (tertiary/aromatic N) is 3. The van der Waals surface area contributed by atoms with Crippen molar-refractivity contribution in [3.8, 4) is 0 Å². The minimum Gasteiger partial charge on any atom is -0.397 e. The zero-order valence-corrected chi connectivity index (χ0v) is 14.0. The summed E-state index contributed by atoms with van der Waals surface area (Å²) >= 11 is 6.23. The average Bonchev–Trinajstić information content (AvgIpc) is 2.37. The van der Waals surface area contributed by atoms with Gasteiger partial charge in [-0.2, -0.15) is 0 Å². The monoisotopic (exact) mass is 308 g/mol. The standard InChI is InChI=1S/C16H25ClN4/c1-12(10-16(2,3)4)20-5-7-21(8-6-20)15-14(17)9-13(18)11-19-15/h9,11H,1,5-8,10,18H2,2-4H3. The Hall–Kier alpha value is -1.42. The molecule has 116 valence electrons. The zero-order valence-electron chi connectivity index (χ0n) is 13.2. The molecule has 2 N–H and O–H groups in total. The SMILES string of the molecule is C=C(CC(C)(C)C)N1CCN(c2ncc(N)cc2Cl)CC1. The van der Waals surface area contributed by atoms with Crippen LogP contribution in [0.2, 0.25) is 5.02 Å². The number of hydrogen-bond acceptors (Lipinski definition) is 4. The lowest BCUT2D eigenvalue weighted by molar-refractivity contribution is 0.276. The Morgan fingerprint density at radius 3 is 2.48 bits per heavy atom. The van der Waals surface area contributed by atoms with Crippen molar-refractivity contribution in [2.45, 2.75) is 27.2 Å². The summed E-state index contributed by atoms with van der Waals surface area (Å²) in [5, 5.41) is 0.622. The van der Waals surface area contributed by atoms with Crippen LogP contribution >= 0.6 is 11.6 Å². The molecule has 1 aliphatic rings. The number of anilines is 2. The van der Waals surface area contributed by atoms with Gasteiger partial charge in [-0.05, 0) is 17.9 Å². The Labute approximate surface area is 132 Å². The van der Waals surface area contributed by atoms with Gasteiger partial charge in [-0.1, -0.05) is 39.0 Å². The van der Waals surface area contributed by atoms with Gasteiger partial charge >= 0.3 is 0 Å². The highest BCUT2D eigenvalue weighted by molar-refractivity contribution is 6.33. The van der Waals surface area contributed by atoms with E-state index in [4.69, 9.17) is 17.3 Å². The maximum absolute atomic E-state index is 6.23. The van der Waals surface area contributed by atoms with Crippen molar-refractivity contribution < 1.29 is 0 Å². The van der Waals surface area contributed by atoms with Gasteiger partial charge in [0.05, 0.1) is 16.9 Å². The summed E-state index contributed by atoms with van der Waals surface area (Å²) in [6.07, 6.45) is 2.68. The van der Waals surface area contributed by atoms with E-state index in [0.29, 0.717) is 10.7 Å². The lowest BCUT2D eigenvalue weighted by Gasteiger charge is -2.39. The third-order valence-electron chi connectivity index (χ3n) is 3.60. The molecule has 0 saturated carbocycles. The molecule has 1 aromatic heterocycles. The Morgan fingerprint density at radius 1 is 1.33 bits per heavy atom. The number of aromatic nitrogens is 1. The van der Waals surface area contributed by atoms with Crippen LogP contribution in [0, 0.1) is 5.41 Å². The molecular formula is C16H25ClN4. The molecule has 1 saturated heterocycles. The van der Waals surface area contributed by atoms with E-state index in [0.717, 1.165) is 38.4 Å². The van der Waals surface area contributed by atoms with Gasteiger partial charge in [-0.3, -0.25) is 0 Å². The van der Waals surface area contributed by atoms with Crippen LogP contribution in [-0.2, 0) is 0 Å². The van der Waals surface area contributed by atoms with Gasteiger partial charge < -0.3 is 15.5 Å². The fourth-order valence-corrected chi connectivity index (χ4v) is 2.93. The number of allylic oxidation sites excluding steroid dienone is 1. The van der Waals surface area contributed by atoms with E-state index in [1.807, 2.05) is 0 Å². The van der Waals surface area contributed by atoms with Crippen LogP contribution in [0.3, 0.4) is 0 Å². The minimum atomic E-state index is 0.274. The van der Waals surface area contributed by atoms with Crippen molar-refractivity contribution in [2.24, 2.45) is 5.41 Å². The molecule has 0 radical (unpaired) electrons. The van der Waals surface area contributed by atoms with Crippen molar-refractivity contribution in [1.82, 2.24) is 9.88 Å². The molecule has 1 fully saturated rings. The molecule has 5 heteroatoms. The molecule has 0 aromatic carbocycles. The van der Waals surface area contributed by atoms with Crippen LogP contribution in [0.5, 0.6) is 0 Å². The van der Waals surface area contributed by atoms with Gasteiger partial charge in [-0.25, -0.2) is 4.98 Å². The highest BCUT2D eigenvalue weighted by Gasteiger charge is 2.22. The van der Waals surface area contributed by atoms with Crippen molar-refractivity contribution >= 4 is 23.1 Å². The summed E-state index contributed by atoms with van der Waals surface area (Å²) in [5.41, 5.74) is 7.79. The van der Waals surface area contributed by atoms with Gasteiger partial charge in [0.15, 0.2) is 0 Å². The van der Waals surface area contributed by atoms with Crippen molar-refractivity contribution in [2.75, 3.05) is 36.8 Å². The van der Waals surface area contributed by atoms with Crippen LogP contribution in [0.4, 0.5) is 11.5 Å². The first kappa shape index (κ1) is 16.0. The molecule has 1 aliphatic heterocycles.